The lowest BCUT2D eigenvalue weighted by molar-refractivity contribution is -0.132. The number of nitrogens with zero attached hydrogens (tertiary/aromatic N) is 1. The van der Waals surface area contributed by atoms with Crippen LogP contribution in [0.5, 0.6) is 0 Å². The lowest BCUT2D eigenvalue weighted by Crippen LogP contribution is -2.33. The van der Waals surface area contributed by atoms with Crippen LogP contribution in [0.3, 0.4) is 0 Å². The molecule has 19 heavy (non-hydrogen) atoms. The van der Waals surface area contributed by atoms with Crippen molar-refractivity contribution >= 4 is 17.5 Å². The van der Waals surface area contributed by atoms with Crippen LogP contribution in [0.25, 0.3) is 0 Å². The molecule has 0 aromatic heterocycles. The molecule has 1 aromatic carbocycles. The van der Waals surface area contributed by atoms with Crippen LogP contribution in [0.15, 0.2) is 18.2 Å². The minimum Gasteiger partial charge on any atom is -0.396 e. The zero-order valence-corrected chi connectivity index (χ0v) is 11.4. The summed E-state index contributed by atoms with van der Waals surface area (Å²) in [7, 11) is 0. The summed E-state index contributed by atoms with van der Waals surface area (Å²) in [5.74, 6) is -0.427. The van der Waals surface area contributed by atoms with Crippen LogP contribution >= 0.6 is 11.6 Å². The van der Waals surface area contributed by atoms with Crippen LogP contribution in [-0.2, 0) is 11.3 Å². The van der Waals surface area contributed by atoms with Crippen molar-refractivity contribution in [3.8, 4) is 0 Å². The SMILES string of the molecule is O=C(CCCO)N(Cc1c(F)cccc1Cl)C1CC1. The van der Waals surface area contributed by atoms with E-state index >= 15 is 0 Å². The maximum absolute atomic E-state index is 13.7. The smallest absolute Gasteiger partial charge is 0.223 e. The van der Waals surface area contributed by atoms with Crippen molar-refractivity contribution in [1.82, 2.24) is 4.90 Å². The Balaban J connectivity index is 2.10. The molecule has 2 rings (SSSR count). The molecule has 1 saturated carbocycles. The number of aliphatic hydroxyl groups excluding tert-OH is 1. The average Bonchev–Trinajstić information content (AvgIpc) is 3.20. The molecule has 1 fully saturated rings. The standard InChI is InChI=1S/C14H17ClFNO2/c15-12-3-1-4-13(16)11(12)9-17(10-6-7-10)14(19)5-2-8-18/h1,3-4,10,18H,2,5-9H2. The van der Waals surface area contributed by atoms with Crippen molar-refractivity contribution in [2.24, 2.45) is 0 Å². The van der Waals surface area contributed by atoms with Crippen molar-refractivity contribution in [3.05, 3.63) is 34.6 Å². The first-order chi connectivity index (χ1) is 9.13. The summed E-state index contributed by atoms with van der Waals surface area (Å²) in [5, 5.41) is 9.13. The van der Waals surface area contributed by atoms with E-state index in [0.29, 0.717) is 23.4 Å². The molecule has 0 radical (unpaired) electrons. The van der Waals surface area contributed by atoms with Gasteiger partial charge >= 0.3 is 0 Å². The van der Waals surface area contributed by atoms with E-state index in [9.17, 15) is 9.18 Å². The quantitative estimate of drug-likeness (QED) is 0.873. The fourth-order valence-electron chi connectivity index (χ4n) is 2.03. The molecule has 3 nitrogen and oxygen atoms in total. The molecule has 1 N–H and O–H groups in total. The van der Waals surface area contributed by atoms with Gasteiger partial charge in [-0.15, -0.1) is 0 Å². The molecule has 104 valence electrons. The molecule has 0 atom stereocenters. The zero-order chi connectivity index (χ0) is 13.8. The molecule has 0 spiro atoms. The predicted molar refractivity (Wildman–Crippen MR) is 71.3 cm³/mol. The van der Waals surface area contributed by atoms with Crippen molar-refractivity contribution in [2.75, 3.05) is 6.61 Å². The Bertz CT molecular complexity index is 443. The topological polar surface area (TPSA) is 40.5 Å². The molecule has 1 amide bonds. The van der Waals surface area contributed by atoms with Gasteiger partial charge in [0, 0.05) is 29.7 Å². The minimum atomic E-state index is -0.381. The highest BCUT2D eigenvalue weighted by atomic mass is 35.5. The monoisotopic (exact) mass is 285 g/mol. The van der Waals surface area contributed by atoms with Gasteiger partial charge in [0.2, 0.25) is 5.91 Å². The highest BCUT2D eigenvalue weighted by Crippen LogP contribution is 2.31. The number of amides is 1. The Labute approximate surface area is 117 Å². The number of carbonyl (C=O) groups excluding carboxylic acids is 1. The number of hydrogen-bond acceptors (Lipinski definition) is 2. The first kappa shape index (κ1) is 14.3. The lowest BCUT2D eigenvalue weighted by Gasteiger charge is -2.23. The molecule has 0 heterocycles. The Morgan fingerprint density at radius 2 is 2.21 bits per heavy atom. The van der Waals surface area contributed by atoms with Crippen LogP contribution in [0.2, 0.25) is 5.02 Å². The third-order valence-electron chi connectivity index (χ3n) is 3.25. The third kappa shape index (κ3) is 3.67. The predicted octanol–water partition coefficient (Wildman–Crippen LogP) is 2.74. The van der Waals surface area contributed by atoms with Gasteiger partial charge in [0.05, 0.1) is 6.54 Å². The Morgan fingerprint density at radius 3 is 2.79 bits per heavy atom. The van der Waals surface area contributed by atoms with Crippen LogP contribution in [0, 0.1) is 5.82 Å². The van der Waals surface area contributed by atoms with Gasteiger partial charge < -0.3 is 10.0 Å². The molecule has 1 aliphatic carbocycles. The van der Waals surface area contributed by atoms with Crippen molar-refractivity contribution in [2.45, 2.75) is 38.3 Å². The van der Waals surface area contributed by atoms with Crippen LogP contribution < -0.4 is 0 Å². The number of hydrogen-bond donors (Lipinski definition) is 1. The van der Waals surface area contributed by atoms with E-state index in [0.717, 1.165) is 12.8 Å². The van der Waals surface area contributed by atoms with E-state index < -0.39 is 0 Å². The van der Waals surface area contributed by atoms with Gasteiger partial charge in [-0.3, -0.25) is 4.79 Å². The second-order valence-corrected chi connectivity index (χ2v) is 5.19. The molecular weight excluding hydrogens is 269 g/mol. The molecule has 0 unspecified atom stereocenters. The van der Waals surface area contributed by atoms with Gasteiger partial charge in [-0.05, 0) is 31.4 Å². The molecular formula is C14H17ClFNO2. The molecule has 1 aromatic rings. The molecule has 1 aliphatic rings. The third-order valence-corrected chi connectivity index (χ3v) is 3.60. The van der Waals surface area contributed by atoms with Gasteiger partial charge in [0.25, 0.3) is 0 Å². The second kappa shape index (κ2) is 6.35. The zero-order valence-electron chi connectivity index (χ0n) is 10.6. The maximum Gasteiger partial charge on any atom is 0.223 e. The normalized spacial score (nSPS) is 14.5. The van der Waals surface area contributed by atoms with Crippen molar-refractivity contribution < 1.29 is 14.3 Å². The highest BCUT2D eigenvalue weighted by Gasteiger charge is 2.33. The van der Waals surface area contributed by atoms with Gasteiger partial charge in [0.15, 0.2) is 0 Å². The number of rotatable bonds is 6. The number of benzene rings is 1. The summed E-state index contributed by atoms with van der Waals surface area (Å²) in [4.78, 5) is 13.7. The van der Waals surface area contributed by atoms with E-state index in [1.807, 2.05) is 0 Å². The summed E-state index contributed by atoms with van der Waals surface area (Å²) in [6, 6.07) is 4.73. The van der Waals surface area contributed by atoms with E-state index in [2.05, 4.69) is 0 Å². The average molecular weight is 286 g/mol. The van der Waals surface area contributed by atoms with Crippen molar-refractivity contribution in [3.63, 3.8) is 0 Å². The summed E-state index contributed by atoms with van der Waals surface area (Å²) in [5.41, 5.74) is 0.369. The van der Waals surface area contributed by atoms with Crippen molar-refractivity contribution in [1.29, 1.82) is 0 Å². The maximum atomic E-state index is 13.7. The highest BCUT2D eigenvalue weighted by molar-refractivity contribution is 6.31. The fraction of sp³-hybridized carbons (Fsp3) is 0.500. The van der Waals surface area contributed by atoms with E-state index in [1.165, 1.54) is 6.07 Å². The summed E-state index contributed by atoms with van der Waals surface area (Å²) >= 11 is 5.99. The largest absolute Gasteiger partial charge is 0.396 e. The molecule has 0 bridgehead atoms. The second-order valence-electron chi connectivity index (χ2n) is 4.78. The number of carbonyl (C=O) groups is 1. The van der Waals surface area contributed by atoms with Crippen LogP contribution in [0.1, 0.15) is 31.2 Å². The number of aliphatic hydroxyl groups is 1. The minimum absolute atomic E-state index is 0.00923. The van der Waals surface area contributed by atoms with Gasteiger partial charge in [0.1, 0.15) is 5.82 Å². The Hall–Kier alpha value is -1.13. The number of halogens is 2. The Kier molecular flexibility index (Phi) is 4.77. The summed E-state index contributed by atoms with van der Waals surface area (Å²) in [6.45, 7) is 0.200. The van der Waals surface area contributed by atoms with Crippen LogP contribution in [0.4, 0.5) is 4.39 Å². The van der Waals surface area contributed by atoms with Crippen LogP contribution in [-0.4, -0.2) is 28.6 Å². The first-order valence-electron chi connectivity index (χ1n) is 6.46. The van der Waals surface area contributed by atoms with E-state index in [-0.39, 0.29) is 30.9 Å². The van der Waals surface area contributed by atoms with Gasteiger partial charge in [-0.25, -0.2) is 4.39 Å². The Morgan fingerprint density at radius 1 is 1.47 bits per heavy atom. The molecule has 5 heteroatoms. The summed E-state index contributed by atoms with van der Waals surface area (Å²) < 4.78 is 13.7. The lowest BCUT2D eigenvalue weighted by atomic mass is 10.1. The van der Waals surface area contributed by atoms with Gasteiger partial charge in [-0.2, -0.15) is 0 Å². The summed E-state index contributed by atoms with van der Waals surface area (Å²) in [6.07, 6.45) is 2.64. The van der Waals surface area contributed by atoms with E-state index in [1.54, 1.807) is 17.0 Å². The van der Waals surface area contributed by atoms with E-state index in [4.69, 9.17) is 16.7 Å². The van der Waals surface area contributed by atoms with Gasteiger partial charge in [-0.1, -0.05) is 17.7 Å². The molecule has 0 saturated heterocycles. The molecule has 0 aliphatic heterocycles. The fourth-order valence-corrected chi connectivity index (χ4v) is 2.26. The first-order valence-corrected chi connectivity index (χ1v) is 6.84.